The predicted octanol–water partition coefficient (Wildman–Crippen LogP) is 3.42. The minimum absolute atomic E-state index is 0.130. The molecule has 0 aliphatic heterocycles. The van der Waals surface area contributed by atoms with Crippen LogP contribution in [0.2, 0.25) is 0 Å². The fourth-order valence-electron chi connectivity index (χ4n) is 4.24. The summed E-state index contributed by atoms with van der Waals surface area (Å²) >= 11 is 0. The number of pyridine rings is 1. The van der Waals surface area contributed by atoms with Gasteiger partial charge in [0.2, 0.25) is 5.43 Å². The van der Waals surface area contributed by atoms with Crippen LogP contribution in [0.15, 0.2) is 23.1 Å². The minimum atomic E-state index is -1.26. The molecule has 1 aromatic heterocycles. The van der Waals surface area contributed by atoms with E-state index in [0.717, 1.165) is 38.6 Å². The quantitative estimate of drug-likeness (QED) is 0.859. The van der Waals surface area contributed by atoms with Gasteiger partial charge in [-0.1, -0.05) is 6.92 Å². The Morgan fingerprint density at radius 3 is 2.73 bits per heavy atom. The average molecular weight is 358 g/mol. The Morgan fingerprint density at radius 2 is 2.08 bits per heavy atom. The van der Waals surface area contributed by atoms with Gasteiger partial charge in [-0.15, -0.1) is 0 Å². The van der Waals surface area contributed by atoms with Crippen molar-refractivity contribution in [2.45, 2.75) is 57.0 Å². The predicted molar refractivity (Wildman–Crippen MR) is 97.5 cm³/mol. The molecule has 2 aliphatic carbocycles. The zero-order valence-corrected chi connectivity index (χ0v) is 14.8. The van der Waals surface area contributed by atoms with E-state index in [-0.39, 0.29) is 22.9 Å². The first-order chi connectivity index (χ1) is 12.5. The normalized spacial score (nSPS) is 22.8. The highest BCUT2D eigenvalue weighted by atomic mass is 19.1. The first-order valence-electron chi connectivity index (χ1n) is 9.34. The third kappa shape index (κ3) is 2.92. The molecule has 5 nitrogen and oxygen atoms in total. The number of hydrogen-bond acceptors (Lipinski definition) is 3. The van der Waals surface area contributed by atoms with Gasteiger partial charge in [-0.3, -0.25) is 4.79 Å². The molecule has 0 saturated heterocycles. The van der Waals surface area contributed by atoms with Gasteiger partial charge in [0, 0.05) is 23.7 Å². The van der Waals surface area contributed by atoms with Crippen molar-refractivity contribution in [3.63, 3.8) is 0 Å². The van der Waals surface area contributed by atoms with Crippen molar-refractivity contribution in [3.8, 4) is 0 Å². The molecule has 2 aliphatic rings. The number of aromatic carboxylic acids is 1. The Bertz CT molecular complexity index is 933. The van der Waals surface area contributed by atoms with Gasteiger partial charge in [0.15, 0.2) is 0 Å². The van der Waals surface area contributed by atoms with Gasteiger partial charge in [-0.05, 0) is 62.3 Å². The van der Waals surface area contributed by atoms with Gasteiger partial charge in [0.25, 0.3) is 0 Å². The topological polar surface area (TPSA) is 71.3 Å². The molecular formula is C20H23FN2O3. The summed E-state index contributed by atoms with van der Waals surface area (Å²) in [5, 5.41) is 12.9. The van der Waals surface area contributed by atoms with Crippen LogP contribution in [-0.4, -0.2) is 28.2 Å². The second-order valence-electron chi connectivity index (χ2n) is 7.47. The van der Waals surface area contributed by atoms with E-state index in [1.807, 2.05) is 4.57 Å². The molecule has 4 rings (SSSR count). The van der Waals surface area contributed by atoms with Crippen molar-refractivity contribution in [2.24, 2.45) is 0 Å². The van der Waals surface area contributed by atoms with E-state index in [1.54, 1.807) is 6.07 Å². The molecule has 1 aromatic carbocycles. The highest BCUT2D eigenvalue weighted by molar-refractivity contribution is 5.92. The fourth-order valence-corrected chi connectivity index (χ4v) is 4.24. The number of fused-ring (bicyclic) bond motifs is 1. The van der Waals surface area contributed by atoms with Crippen LogP contribution < -0.4 is 10.7 Å². The first-order valence-corrected chi connectivity index (χ1v) is 9.34. The second kappa shape index (κ2) is 6.50. The lowest BCUT2D eigenvalue weighted by Crippen LogP contribution is -2.25. The van der Waals surface area contributed by atoms with Gasteiger partial charge < -0.3 is 15.0 Å². The van der Waals surface area contributed by atoms with Crippen LogP contribution in [-0.2, 0) is 0 Å². The van der Waals surface area contributed by atoms with Crippen LogP contribution in [0.3, 0.4) is 0 Å². The number of carbonyl (C=O) groups is 1. The van der Waals surface area contributed by atoms with Crippen LogP contribution in [0.4, 0.5) is 4.39 Å². The summed E-state index contributed by atoms with van der Waals surface area (Å²) in [4.78, 5) is 23.9. The molecule has 26 heavy (non-hydrogen) atoms. The number of aromatic nitrogens is 1. The molecule has 2 saturated carbocycles. The summed E-state index contributed by atoms with van der Waals surface area (Å²) in [5.41, 5.74) is 0.414. The number of nitrogens with one attached hydrogen (secondary N) is 1. The average Bonchev–Trinajstić information content (AvgIpc) is 3.34. The largest absolute Gasteiger partial charge is 0.477 e. The molecule has 0 spiro atoms. The summed E-state index contributed by atoms with van der Waals surface area (Å²) in [7, 11) is 0. The van der Waals surface area contributed by atoms with Gasteiger partial charge in [0.1, 0.15) is 11.4 Å². The summed E-state index contributed by atoms with van der Waals surface area (Å²) in [6.07, 6.45) is 6.16. The molecule has 2 fully saturated rings. The highest BCUT2D eigenvalue weighted by Crippen LogP contribution is 2.40. The van der Waals surface area contributed by atoms with E-state index in [4.69, 9.17) is 0 Å². The van der Waals surface area contributed by atoms with Crippen molar-refractivity contribution in [3.05, 3.63) is 45.5 Å². The molecule has 2 unspecified atom stereocenters. The Balaban J connectivity index is 1.84. The Labute approximate surface area is 150 Å². The van der Waals surface area contributed by atoms with Crippen LogP contribution in [0.1, 0.15) is 66.9 Å². The van der Waals surface area contributed by atoms with Crippen LogP contribution in [0, 0.1) is 5.82 Å². The maximum absolute atomic E-state index is 14.8. The van der Waals surface area contributed by atoms with Gasteiger partial charge in [-0.2, -0.15) is 0 Å². The molecule has 2 aromatic rings. The lowest BCUT2D eigenvalue weighted by molar-refractivity contribution is 0.0695. The zero-order chi connectivity index (χ0) is 18.4. The van der Waals surface area contributed by atoms with Crippen molar-refractivity contribution in [1.82, 2.24) is 9.88 Å². The highest BCUT2D eigenvalue weighted by Gasteiger charge is 2.30. The second-order valence-corrected chi connectivity index (χ2v) is 7.47. The molecule has 2 N–H and O–H groups in total. The fraction of sp³-hybridized carbons (Fsp3) is 0.500. The summed E-state index contributed by atoms with van der Waals surface area (Å²) in [5.74, 6) is -1.54. The van der Waals surface area contributed by atoms with Gasteiger partial charge in [0.05, 0.1) is 5.52 Å². The molecule has 0 amide bonds. The third-order valence-corrected chi connectivity index (χ3v) is 5.69. The summed E-state index contributed by atoms with van der Waals surface area (Å²) < 4.78 is 16.7. The molecular weight excluding hydrogens is 335 g/mol. The number of rotatable bonds is 5. The Hall–Kier alpha value is -2.21. The van der Waals surface area contributed by atoms with Crippen LogP contribution in [0.25, 0.3) is 10.9 Å². The molecule has 6 heteroatoms. The minimum Gasteiger partial charge on any atom is -0.477 e. The van der Waals surface area contributed by atoms with Crippen molar-refractivity contribution in [2.75, 3.05) is 6.54 Å². The number of carboxylic acid groups (broad SMARTS) is 1. The van der Waals surface area contributed by atoms with Crippen LogP contribution >= 0.6 is 0 Å². The summed E-state index contributed by atoms with van der Waals surface area (Å²) in [6.45, 7) is 2.97. The Kier molecular flexibility index (Phi) is 4.31. The van der Waals surface area contributed by atoms with Crippen LogP contribution in [0.5, 0.6) is 0 Å². The van der Waals surface area contributed by atoms with E-state index in [2.05, 4.69) is 12.2 Å². The van der Waals surface area contributed by atoms with Crippen molar-refractivity contribution >= 4 is 16.9 Å². The number of hydrogen-bond donors (Lipinski definition) is 2. The van der Waals surface area contributed by atoms with E-state index in [0.29, 0.717) is 17.1 Å². The van der Waals surface area contributed by atoms with Crippen molar-refractivity contribution in [1.29, 1.82) is 0 Å². The molecule has 2 atom stereocenters. The Morgan fingerprint density at radius 1 is 1.31 bits per heavy atom. The lowest BCUT2D eigenvalue weighted by Gasteiger charge is -2.17. The maximum Gasteiger partial charge on any atom is 0.341 e. The summed E-state index contributed by atoms with van der Waals surface area (Å²) in [6, 6.07) is 3.64. The molecule has 1 heterocycles. The lowest BCUT2D eigenvalue weighted by atomic mass is 9.95. The standard InChI is InChI=1S/C20H23FN2O3/c1-2-22-12-4-3-11(7-12)14-9-18-15(8-17(14)21)19(24)16(20(25)26)10-23(18)13-5-6-13/h8-13,22H,2-7H2,1H3,(H,25,26). The molecule has 0 bridgehead atoms. The van der Waals surface area contributed by atoms with Crippen molar-refractivity contribution < 1.29 is 14.3 Å². The zero-order valence-electron chi connectivity index (χ0n) is 14.8. The maximum atomic E-state index is 14.8. The van der Waals surface area contributed by atoms with E-state index in [9.17, 15) is 19.1 Å². The van der Waals surface area contributed by atoms with E-state index >= 15 is 0 Å². The third-order valence-electron chi connectivity index (χ3n) is 5.69. The number of benzene rings is 1. The molecule has 138 valence electrons. The first kappa shape index (κ1) is 17.2. The van der Waals surface area contributed by atoms with Gasteiger partial charge in [-0.25, -0.2) is 9.18 Å². The number of carboxylic acids is 1. The SMILES string of the molecule is CCNC1CCC(c2cc3c(cc2F)c(=O)c(C(=O)O)cn3C2CC2)C1. The number of nitrogens with zero attached hydrogens (tertiary/aromatic N) is 1. The van der Waals surface area contributed by atoms with Gasteiger partial charge >= 0.3 is 5.97 Å². The smallest absolute Gasteiger partial charge is 0.341 e. The van der Waals surface area contributed by atoms with E-state index in [1.165, 1.54) is 12.3 Å². The van der Waals surface area contributed by atoms with E-state index < -0.39 is 17.2 Å². The molecule has 0 radical (unpaired) electrons. The number of halogens is 1. The monoisotopic (exact) mass is 358 g/mol.